The Morgan fingerprint density at radius 2 is 1.44 bits per heavy atom. The van der Waals surface area contributed by atoms with Crippen LogP contribution in [0.15, 0.2) is 0 Å². The predicted molar refractivity (Wildman–Crippen MR) is 117 cm³/mol. The first-order chi connectivity index (χ1) is 15.2. The Morgan fingerprint density at radius 3 is 1.97 bits per heavy atom. The number of carbonyl (C=O) groups is 3. The smallest absolute Gasteiger partial charge is 0.408 e. The van der Waals surface area contributed by atoms with Gasteiger partial charge in [0, 0.05) is 20.1 Å². The van der Waals surface area contributed by atoms with Crippen LogP contribution < -0.4 is 10.6 Å². The first kappa shape index (κ1) is 30.0. The molecule has 0 aromatic rings. The van der Waals surface area contributed by atoms with E-state index >= 15 is 0 Å². The number of carbonyl (C=O) groups excluding carboxylic acids is 2. The molecule has 3 N–H and O–H groups in total. The molecule has 0 bridgehead atoms. The molecule has 0 heterocycles. The van der Waals surface area contributed by atoms with Crippen molar-refractivity contribution < 1.29 is 43.2 Å². The second-order valence-electron chi connectivity index (χ2n) is 7.96. The molecular formula is C21H40N2O9. The summed E-state index contributed by atoms with van der Waals surface area (Å²) < 4.78 is 25.8. The number of hydrogen-bond donors (Lipinski definition) is 3. The van der Waals surface area contributed by atoms with Gasteiger partial charge in [0.25, 0.3) is 0 Å². The van der Waals surface area contributed by atoms with Gasteiger partial charge in [-0.05, 0) is 40.0 Å². The molecule has 0 saturated carbocycles. The minimum absolute atomic E-state index is 0.140. The second kappa shape index (κ2) is 18.6. The van der Waals surface area contributed by atoms with Crippen molar-refractivity contribution >= 4 is 18.0 Å². The lowest BCUT2D eigenvalue weighted by Crippen LogP contribution is -2.43. The molecule has 1 atom stereocenters. The van der Waals surface area contributed by atoms with E-state index in [0.29, 0.717) is 65.6 Å². The molecule has 11 nitrogen and oxygen atoms in total. The third kappa shape index (κ3) is 20.0. The maximum Gasteiger partial charge on any atom is 0.408 e. The van der Waals surface area contributed by atoms with Gasteiger partial charge >= 0.3 is 12.1 Å². The summed E-state index contributed by atoms with van der Waals surface area (Å²) in [5.41, 5.74) is -0.701. The van der Waals surface area contributed by atoms with Crippen molar-refractivity contribution in [3.05, 3.63) is 0 Å². The lowest BCUT2D eigenvalue weighted by atomic mass is 10.1. The van der Waals surface area contributed by atoms with Gasteiger partial charge in [-0.2, -0.15) is 0 Å². The monoisotopic (exact) mass is 464 g/mol. The molecule has 188 valence electrons. The summed E-state index contributed by atoms with van der Waals surface area (Å²) in [6, 6.07) is -1.03. The van der Waals surface area contributed by atoms with Crippen LogP contribution in [0.5, 0.6) is 0 Å². The number of carboxylic acids is 1. The Bertz CT molecular complexity index is 524. The number of amides is 2. The Morgan fingerprint density at radius 1 is 0.875 bits per heavy atom. The molecule has 1 unspecified atom stereocenters. The summed E-state index contributed by atoms with van der Waals surface area (Å²) in [7, 11) is 1.61. The van der Waals surface area contributed by atoms with Gasteiger partial charge < -0.3 is 39.4 Å². The number of methoxy groups -OCH3 is 1. The van der Waals surface area contributed by atoms with Crippen LogP contribution >= 0.6 is 0 Å². The molecule has 0 aromatic carbocycles. The van der Waals surface area contributed by atoms with Crippen LogP contribution in [0.2, 0.25) is 0 Å². The number of carboxylic acid groups (broad SMARTS) is 1. The van der Waals surface area contributed by atoms with E-state index in [0.717, 1.165) is 0 Å². The number of ether oxygens (including phenoxy) is 5. The zero-order chi connectivity index (χ0) is 24.2. The second-order valence-corrected chi connectivity index (χ2v) is 7.96. The lowest BCUT2D eigenvalue weighted by molar-refractivity contribution is -0.139. The van der Waals surface area contributed by atoms with E-state index in [9.17, 15) is 19.5 Å². The predicted octanol–water partition coefficient (Wildman–Crippen LogP) is 1.34. The van der Waals surface area contributed by atoms with Crippen LogP contribution in [0.4, 0.5) is 4.79 Å². The first-order valence-corrected chi connectivity index (χ1v) is 10.9. The van der Waals surface area contributed by atoms with Gasteiger partial charge in [-0.3, -0.25) is 4.79 Å². The van der Waals surface area contributed by atoms with E-state index < -0.39 is 23.7 Å². The molecule has 0 rings (SSSR count). The first-order valence-electron chi connectivity index (χ1n) is 10.9. The minimum atomic E-state index is -1.13. The summed E-state index contributed by atoms with van der Waals surface area (Å²) in [5.74, 6) is -1.27. The molecule has 0 radical (unpaired) electrons. The molecule has 0 aliphatic rings. The Balaban J connectivity index is 3.67. The van der Waals surface area contributed by atoms with E-state index in [4.69, 9.17) is 23.7 Å². The van der Waals surface area contributed by atoms with Gasteiger partial charge in [0.05, 0.1) is 46.2 Å². The lowest BCUT2D eigenvalue weighted by Gasteiger charge is -2.22. The zero-order valence-electron chi connectivity index (χ0n) is 19.8. The van der Waals surface area contributed by atoms with E-state index in [1.807, 2.05) is 0 Å². The molecule has 0 aliphatic heterocycles. The summed E-state index contributed by atoms with van der Waals surface area (Å²) in [5, 5.41) is 14.3. The summed E-state index contributed by atoms with van der Waals surface area (Å²) >= 11 is 0. The fourth-order valence-corrected chi connectivity index (χ4v) is 2.35. The summed E-state index contributed by atoms with van der Waals surface area (Å²) in [6.07, 6.45) is 0.824. The van der Waals surface area contributed by atoms with Crippen molar-refractivity contribution in [3.63, 3.8) is 0 Å². The number of hydrogen-bond acceptors (Lipinski definition) is 8. The number of unbranched alkanes of at least 4 members (excludes halogenated alkanes) is 1. The standard InChI is InChI=1S/C21H40N2O9/c1-21(2,3)32-20(27)23-17(19(25)26)7-5-6-9-22-18(24)8-10-29-13-14-31-16-15-30-12-11-28-4/h17H,5-16H2,1-4H3,(H,22,24)(H,23,27)(H,25,26). The third-order valence-electron chi connectivity index (χ3n) is 3.88. The van der Waals surface area contributed by atoms with Crippen molar-refractivity contribution in [3.8, 4) is 0 Å². The van der Waals surface area contributed by atoms with Crippen molar-refractivity contribution in [2.75, 3.05) is 59.9 Å². The van der Waals surface area contributed by atoms with Crippen LogP contribution in [-0.4, -0.2) is 94.6 Å². The highest BCUT2D eigenvalue weighted by atomic mass is 16.6. The maximum atomic E-state index is 11.8. The van der Waals surface area contributed by atoms with E-state index in [1.165, 1.54) is 0 Å². The van der Waals surface area contributed by atoms with Crippen LogP contribution in [0, 0.1) is 0 Å². The molecule has 0 aromatic heterocycles. The minimum Gasteiger partial charge on any atom is -0.480 e. The molecule has 2 amide bonds. The van der Waals surface area contributed by atoms with Gasteiger partial charge in [-0.1, -0.05) is 0 Å². The normalized spacial score (nSPS) is 12.2. The zero-order valence-corrected chi connectivity index (χ0v) is 19.8. The highest BCUT2D eigenvalue weighted by molar-refractivity contribution is 5.80. The Labute approximate surface area is 190 Å². The van der Waals surface area contributed by atoms with Crippen LogP contribution in [-0.2, 0) is 33.3 Å². The summed E-state index contributed by atoms with van der Waals surface area (Å²) in [6.45, 7) is 8.70. The maximum absolute atomic E-state index is 11.8. The van der Waals surface area contributed by atoms with Gasteiger partial charge in [-0.25, -0.2) is 9.59 Å². The van der Waals surface area contributed by atoms with Crippen LogP contribution in [0.25, 0.3) is 0 Å². The van der Waals surface area contributed by atoms with Gasteiger partial charge in [0.2, 0.25) is 5.91 Å². The largest absolute Gasteiger partial charge is 0.480 e. The van der Waals surface area contributed by atoms with E-state index in [1.54, 1.807) is 27.9 Å². The molecule has 0 aliphatic carbocycles. The van der Waals surface area contributed by atoms with Crippen molar-refractivity contribution in [1.82, 2.24) is 10.6 Å². The number of alkyl carbamates (subject to hydrolysis) is 1. The molecule has 32 heavy (non-hydrogen) atoms. The Kier molecular flexibility index (Phi) is 17.5. The van der Waals surface area contributed by atoms with Crippen molar-refractivity contribution in [2.24, 2.45) is 0 Å². The molecular weight excluding hydrogens is 424 g/mol. The molecule has 0 fully saturated rings. The van der Waals surface area contributed by atoms with Crippen molar-refractivity contribution in [2.45, 2.75) is 58.1 Å². The third-order valence-corrected chi connectivity index (χ3v) is 3.88. The van der Waals surface area contributed by atoms with Crippen molar-refractivity contribution in [1.29, 1.82) is 0 Å². The summed E-state index contributed by atoms with van der Waals surface area (Å²) in [4.78, 5) is 34.8. The highest BCUT2D eigenvalue weighted by Crippen LogP contribution is 2.08. The molecule has 0 saturated heterocycles. The number of rotatable bonds is 19. The van der Waals surface area contributed by atoms with Crippen LogP contribution in [0.3, 0.4) is 0 Å². The fourth-order valence-electron chi connectivity index (χ4n) is 2.35. The topological polar surface area (TPSA) is 142 Å². The Hall–Kier alpha value is -1.95. The SMILES string of the molecule is COCCOCCOCCOCCC(=O)NCCCCC(NC(=O)OC(C)(C)C)C(=O)O. The van der Waals surface area contributed by atoms with E-state index in [2.05, 4.69) is 10.6 Å². The fraction of sp³-hybridized carbons (Fsp3) is 0.857. The number of nitrogens with one attached hydrogen (secondary N) is 2. The quantitative estimate of drug-likeness (QED) is 0.241. The number of aliphatic carboxylic acids is 1. The average Bonchev–Trinajstić information content (AvgIpc) is 2.69. The van der Waals surface area contributed by atoms with Gasteiger partial charge in [0.1, 0.15) is 11.6 Å². The van der Waals surface area contributed by atoms with Crippen LogP contribution in [0.1, 0.15) is 46.5 Å². The van der Waals surface area contributed by atoms with E-state index in [-0.39, 0.29) is 18.7 Å². The van der Waals surface area contributed by atoms with Gasteiger partial charge in [-0.15, -0.1) is 0 Å². The highest BCUT2D eigenvalue weighted by Gasteiger charge is 2.23. The van der Waals surface area contributed by atoms with Gasteiger partial charge in [0.15, 0.2) is 0 Å². The molecule has 11 heteroatoms. The average molecular weight is 465 g/mol. The molecule has 0 spiro atoms.